The van der Waals surface area contributed by atoms with Crippen molar-refractivity contribution in [3.63, 3.8) is 0 Å². The second-order valence-corrected chi connectivity index (χ2v) is 3.70. The third-order valence-corrected chi connectivity index (χ3v) is 2.17. The summed E-state index contributed by atoms with van der Waals surface area (Å²) < 4.78 is 0. The summed E-state index contributed by atoms with van der Waals surface area (Å²) in [4.78, 5) is 12.5. The summed E-state index contributed by atoms with van der Waals surface area (Å²) >= 11 is 0. The van der Waals surface area contributed by atoms with E-state index in [0.717, 1.165) is 19.5 Å². The Bertz CT molecular complexity index is 159. The fraction of sp³-hybridized carbons (Fsp3) is 0.900. The summed E-state index contributed by atoms with van der Waals surface area (Å²) in [6.07, 6.45) is 1.66. The molecular formula is C10H21NO3. The smallest absolute Gasteiger partial charge is 0.303 e. The molecule has 0 bridgehead atoms. The van der Waals surface area contributed by atoms with Crippen LogP contribution in [0, 0.1) is 0 Å². The highest BCUT2D eigenvalue weighted by Gasteiger charge is 2.08. The zero-order valence-corrected chi connectivity index (χ0v) is 9.07. The Labute approximate surface area is 85.5 Å². The van der Waals surface area contributed by atoms with Crippen molar-refractivity contribution in [2.45, 2.75) is 39.2 Å². The first-order valence-corrected chi connectivity index (χ1v) is 5.14. The lowest BCUT2D eigenvalue weighted by atomic mass is 10.2. The molecule has 0 aromatic heterocycles. The van der Waals surface area contributed by atoms with Gasteiger partial charge in [0.1, 0.15) is 0 Å². The second kappa shape index (κ2) is 7.76. The fourth-order valence-corrected chi connectivity index (χ4v) is 1.34. The van der Waals surface area contributed by atoms with E-state index in [1.165, 1.54) is 0 Å². The van der Waals surface area contributed by atoms with Crippen LogP contribution in [0.25, 0.3) is 0 Å². The molecule has 0 aliphatic carbocycles. The minimum absolute atomic E-state index is 0.197. The Kier molecular flexibility index (Phi) is 7.42. The molecule has 4 heteroatoms. The minimum atomic E-state index is -0.740. The number of hydrogen-bond donors (Lipinski definition) is 2. The molecule has 14 heavy (non-hydrogen) atoms. The SMILES string of the molecule is CC(C)N(CCCO)CCCC(=O)O. The molecular weight excluding hydrogens is 182 g/mol. The van der Waals surface area contributed by atoms with E-state index in [9.17, 15) is 4.79 Å². The Morgan fingerprint density at radius 2 is 1.86 bits per heavy atom. The first-order chi connectivity index (χ1) is 6.57. The van der Waals surface area contributed by atoms with Gasteiger partial charge in [-0.05, 0) is 33.2 Å². The van der Waals surface area contributed by atoms with Gasteiger partial charge in [-0.25, -0.2) is 0 Å². The van der Waals surface area contributed by atoms with Gasteiger partial charge in [-0.1, -0.05) is 0 Å². The maximum atomic E-state index is 10.3. The van der Waals surface area contributed by atoms with E-state index in [4.69, 9.17) is 10.2 Å². The Hall–Kier alpha value is -0.610. The van der Waals surface area contributed by atoms with Crippen LogP contribution >= 0.6 is 0 Å². The Morgan fingerprint density at radius 1 is 1.29 bits per heavy atom. The molecule has 0 radical (unpaired) electrons. The van der Waals surface area contributed by atoms with Crippen LogP contribution in [0.2, 0.25) is 0 Å². The minimum Gasteiger partial charge on any atom is -0.481 e. The van der Waals surface area contributed by atoms with E-state index in [2.05, 4.69) is 18.7 Å². The summed E-state index contributed by atoms with van der Waals surface area (Å²) in [5.41, 5.74) is 0. The lowest BCUT2D eigenvalue weighted by Crippen LogP contribution is -2.33. The predicted molar refractivity (Wildman–Crippen MR) is 55.3 cm³/mol. The number of carboxylic acid groups (broad SMARTS) is 1. The molecule has 0 heterocycles. The lowest BCUT2D eigenvalue weighted by molar-refractivity contribution is -0.137. The number of aliphatic hydroxyl groups is 1. The molecule has 0 aromatic rings. The Balaban J connectivity index is 3.67. The first-order valence-electron chi connectivity index (χ1n) is 5.14. The quantitative estimate of drug-likeness (QED) is 0.616. The third kappa shape index (κ3) is 6.86. The van der Waals surface area contributed by atoms with E-state index in [1.807, 2.05) is 0 Å². The molecule has 4 nitrogen and oxygen atoms in total. The number of aliphatic carboxylic acids is 1. The van der Waals surface area contributed by atoms with Gasteiger partial charge in [-0.2, -0.15) is 0 Å². The average Bonchev–Trinajstić information content (AvgIpc) is 2.09. The van der Waals surface area contributed by atoms with E-state index in [-0.39, 0.29) is 13.0 Å². The van der Waals surface area contributed by atoms with E-state index < -0.39 is 5.97 Å². The molecule has 0 aromatic carbocycles. The van der Waals surface area contributed by atoms with Crippen LogP contribution in [0.4, 0.5) is 0 Å². The van der Waals surface area contributed by atoms with Crippen molar-refractivity contribution >= 4 is 5.97 Å². The summed E-state index contributed by atoms with van der Waals surface area (Å²) in [5, 5.41) is 17.2. The second-order valence-electron chi connectivity index (χ2n) is 3.70. The summed E-state index contributed by atoms with van der Waals surface area (Å²) in [5.74, 6) is -0.740. The van der Waals surface area contributed by atoms with Crippen LogP contribution in [-0.4, -0.2) is 46.8 Å². The number of hydrogen-bond acceptors (Lipinski definition) is 3. The van der Waals surface area contributed by atoms with Crippen molar-refractivity contribution in [2.75, 3.05) is 19.7 Å². The van der Waals surface area contributed by atoms with Gasteiger partial charge >= 0.3 is 5.97 Å². The lowest BCUT2D eigenvalue weighted by Gasteiger charge is -2.25. The summed E-state index contributed by atoms with van der Waals surface area (Å²) in [6.45, 7) is 6.00. The molecule has 0 spiro atoms. The molecule has 0 unspecified atom stereocenters. The molecule has 2 N–H and O–H groups in total. The molecule has 0 atom stereocenters. The maximum Gasteiger partial charge on any atom is 0.303 e. The van der Waals surface area contributed by atoms with E-state index in [0.29, 0.717) is 12.5 Å². The maximum absolute atomic E-state index is 10.3. The average molecular weight is 203 g/mol. The standard InChI is InChI=1S/C10H21NO3/c1-9(2)11(7-4-8-12)6-3-5-10(13)14/h9,12H,3-8H2,1-2H3,(H,13,14). The highest BCUT2D eigenvalue weighted by molar-refractivity contribution is 5.66. The molecule has 0 aliphatic rings. The molecule has 0 aliphatic heterocycles. The van der Waals surface area contributed by atoms with Crippen molar-refractivity contribution in [1.82, 2.24) is 4.90 Å². The molecule has 84 valence electrons. The topological polar surface area (TPSA) is 60.8 Å². The highest BCUT2D eigenvalue weighted by Crippen LogP contribution is 2.02. The van der Waals surface area contributed by atoms with Gasteiger partial charge < -0.3 is 15.1 Å². The van der Waals surface area contributed by atoms with Gasteiger partial charge in [0.25, 0.3) is 0 Å². The highest BCUT2D eigenvalue weighted by atomic mass is 16.4. The Morgan fingerprint density at radius 3 is 2.29 bits per heavy atom. The zero-order chi connectivity index (χ0) is 11.0. The monoisotopic (exact) mass is 203 g/mol. The molecule has 0 saturated heterocycles. The van der Waals surface area contributed by atoms with Crippen molar-refractivity contribution in [3.05, 3.63) is 0 Å². The van der Waals surface area contributed by atoms with E-state index >= 15 is 0 Å². The van der Waals surface area contributed by atoms with Crippen LogP contribution in [0.1, 0.15) is 33.1 Å². The van der Waals surface area contributed by atoms with Crippen molar-refractivity contribution < 1.29 is 15.0 Å². The van der Waals surface area contributed by atoms with Gasteiger partial charge in [0.15, 0.2) is 0 Å². The molecule has 0 rings (SSSR count). The largest absolute Gasteiger partial charge is 0.481 e. The van der Waals surface area contributed by atoms with Gasteiger partial charge in [0.05, 0.1) is 0 Å². The molecule has 0 fully saturated rings. The number of carbonyl (C=O) groups is 1. The summed E-state index contributed by atoms with van der Waals surface area (Å²) in [7, 11) is 0. The molecule has 0 amide bonds. The van der Waals surface area contributed by atoms with Gasteiger partial charge in [0, 0.05) is 25.6 Å². The summed E-state index contributed by atoms with van der Waals surface area (Å²) in [6, 6.07) is 0.412. The van der Waals surface area contributed by atoms with Crippen LogP contribution in [0.15, 0.2) is 0 Å². The van der Waals surface area contributed by atoms with Crippen molar-refractivity contribution in [1.29, 1.82) is 0 Å². The molecule has 0 saturated carbocycles. The van der Waals surface area contributed by atoms with Crippen LogP contribution < -0.4 is 0 Å². The van der Waals surface area contributed by atoms with Gasteiger partial charge in [0.2, 0.25) is 0 Å². The van der Waals surface area contributed by atoms with Crippen LogP contribution in [-0.2, 0) is 4.79 Å². The van der Waals surface area contributed by atoms with Crippen LogP contribution in [0.5, 0.6) is 0 Å². The van der Waals surface area contributed by atoms with Gasteiger partial charge in [-0.3, -0.25) is 4.79 Å². The first kappa shape index (κ1) is 13.4. The third-order valence-electron chi connectivity index (χ3n) is 2.17. The van der Waals surface area contributed by atoms with Crippen LogP contribution in [0.3, 0.4) is 0 Å². The predicted octanol–water partition coefficient (Wildman–Crippen LogP) is 0.944. The van der Waals surface area contributed by atoms with E-state index in [1.54, 1.807) is 0 Å². The number of nitrogens with zero attached hydrogens (tertiary/aromatic N) is 1. The fourth-order valence-electron chi connectivity index (χ4n) is 1.34. The number of carboxylic acids is 1. The van der Waals surface area contributed by atoms with Crippen molar-refractivity contribution in [3.8, 4) is 0 Å². The number of rotatable bonds is 8. The van der Waals surface area contributed by atoms with Gasteiger partial charge in [-0.15, -0.1) is 0 Å². The number of aliphatic hydroxyl groups excluding tert-OH is 1. The normalized spacial score (nSPS) is 11.2. The van der Waals surface area contributed by atoms with Crippen molar-refractivity contribution in [2.24, 2.45) is 0 Å². The zero-order valence-electron chi connectivity index (χ0n) is 9.07.